The quantitative estimate of drug-likeness (QED) is 0.254. The Morgan fingerprint density at radius 1 is 0.441 bits per heavy atom. The summed E-state index contributed by atoms with van der Waals surface area (Å²) in [6.45, 7) is 4.37. The summed E-state index contributed by atoms with van der Waals surface area (Å²) in [5.41, 5.74) is 1.94. The molecule has 0 amide bonds. The van der Waals surface area contributed by atoms with Crippen LogP contribution in [0.5, 0.6) is 0 Å². The molecule has 4 heteroatoms. The lowest BCUT2D eigenvalue weighted by Crippen LogP contribution is -2.16. The van der Waals surface area contributed by atoms with Gasteiger partial charge in [0.15, 0.2) is 11.8 Å². The molecule has 6 aromatic rings. The van der Waals surface area contributed by atoms with Crippen LogP contribution in [0.3, 0.4) is 0 Å². The van der Waals surface area contributed by atoms with Crippen molar-refractivity contribution >= 4 is 66.0 Å². The standard InChI is InChI=1S/C30H26N2O2/c1-2-10-31(9-1)29-15-21-13-19-5-7-24-23(25(19)17-27(21)33-29)8-6-20-14-22-16-30(32-11-3-4-12-32)34-28(22)18-26(20)24/h5-8,13-18H,1-4,9-12H2. The summed E-state index contributed by atoms with van der Waals surface area (Å²) in [5.74, 6) is 2.01. The van der Waals surface area contributed by atoms with Crippen molar-refractivity contribution in [3.8, 4) is 0 Å². The van der Waals surface area contributed by atoms with E-state index < -0.39 is 0 Å². The van der Waals surface area contributed by atoms with Crippen LogP contribution >= 0.6 is 0 Å². The van der Waals surface area contributed by atoms with Gasteiger partial charge >= 0.3 is 0 Å². The second-order valence-electron chi connectivity index (χ2n) is 10.0. The van der Waals surface area contributed by atoms with E-state index in [0.29, 0.717) is 0 Å². The third-order valence-electron chi connectivity index (χ3n) is 7.92. The van der Waals surface area contributed by atoms with Gasteiger partial charge in [0, 0.05) is 49.1 Å². The van der Waals surface area contributed by atoms with Crippen molar-refractivity contribution in [1.29, 1.82) is 0 Å². The fourth-order valence-electron chi connectivity index (χ4n) is 6.11. The number of fused-ring (bicyclic) bond motifs is 7. The molecule has 0 saturated carbocycles. The summed E-state index contributed by atoms with van der Waals surface area (Å²) in [6.07, 6.45) is 5.00. The molecule has 4 nitrogen and oxygen atoms in total. The predicted molar refractivity (Wildman–Crippen MR) is 141 cm³/mol. The average Bonchev–Trinajstić information content (AvgIpc) is 3.66. The van der Waals surface area contributed by atoms with E-state index in [2.05, 4.69) is 70.5 Å². The van der Waals surface area contributed by atoms with Crippen molar-refractivity contribution in [1.82, 2.24) is 0 Å². The normalized spacial score (nSPS) is 16.9. The van der Waals surface area contributed by atoms with Gasteiger partial charge in [-0.2, -0.15) is 0 Å². The van der Waals surface area contributed by atoms with Crippen LogP contribution in [0.15, 0.2) is 69.5 Å². The molecule has 0 N–H and O–H groups in total. The van der Waals surface area contributed by atoms with Crippen molar-refractivity contribution in [2.24, 2.45) is 0 Å². The first-order valence-corrected chi connectivity index (χ1v) is 12.6. The van der Waals surface area contributed by atoms with Crippen molar-refractivity contribution in [3.05, 3.63) is 60.7 Å². The minimum Gasteiger partial charge on any atom is -0.441 e. The first kappa shape index (κ1) is 18.7. The maximum absolute atomic E-state index is 6.31. The average molecular weight is 447 g/mol. The Morgan fingerprint density at radius 3 is 1.32 bits per heavy atom. The molecule has 0 radical (unpaired) electrons. The van der Waals surface area contributed by atoms with Gasteiger partial charge in [-0.05, 0) is 82.3 Å². The maximum atomic E-state index is 6.31. The zero-order valence-electron chi connectivity index (χ0n) is 19.1. The third kappa shape index (κ3) is 2.71. The lowest BCUT2D eigenvalue weighted by atomic mass is 9.96. The van der Waals surface area contributed by atoms with Gasteiger partial charge in [-0.3, -0.25) is 0 Å². The van der Waals surface area contributed by atoms with Crippen LogP contribution < -0.4 is 9.80 Å². The van der Waals surface area contributed by atoms with E-state index >= 15 is 0 Å². The summed E-state index contributed by atoms with van der Waals surface area (Å²) >= 11 is 0. The van der Waals surface area contributed by atoms with E-state index in [9.17, 15) is 0 Å². The van der Waals surface area contributed by atoms with Crippen LogP contribution in [0.4, 0.5) is 11.8 Å². The molecule has 0 atom stereocenters. The minimum atomic E-state index is 0.971. The zero-order valence-corrected chi connectivity index (χ0v) is 19.1. The maximum Gasteiger partial charge on any atom is 0.196 e. The predicted octanol–water partition coefficient (Wildman–Crippen LogP) is 7.84. The monoisotopic (exact) mass is 446 g/mol. The van der Waals surface area contributed by atoms with Crippen molar-refractivity contribution in [3.63, 3.8) is 0 Å². The van der Waals surface area contributed by atoms with E-state index in [1.165, 1.54) is 68.8 Å². The highest BCUT2D eigenvalue weighted by Gasteiger charge is 2.19. The Bertz CT molecular complexity index is 1600. The summed E-state index contributed by atoms with van der Waals surface area (Å²) < 4.78 is 12.6. The lowest BCUT2D eigenvalue weighted by Gasteiger charge is -2.12. The zero-order chi connectivity index (χ0) is 22.2. The van der Waals surface area contributed by atoms with Crippen LogP contribution in [0.2, 0.25) is 0 Å². The topological polar surface area (TPSA) is 32.8 Å². The second-order valence-corrected chi connectivity index (χ2v) is 10.0. The summed E-state index contributed by atoms with van der Waals surface area (Å²) in [5, 5.41) is 9.88. The fourth-order valence-corrected chi connectivity index (χ4v) is 6.11. The summed E-state index contributed by atoms with van der Waals surface area (Å²) in [4.78, 5) is 4.72. The Morgan fingerprint density at radius 2 is 0.882 bits per heavy atom. The summed E-state index contributed by atoms with van der Waals surface area (Å²) in [7, 11) is 0. The number of nitrogens with zero attached hydrogens (tertiary/aromatic N) is 2. The molecule has 2 aliphatic heterocycles. The number of furan rings is 2. The Labute approximate surface area is 197 Å². The molecule has 2 aliphatic rings. The molecule has 2 fully saturated rings. The van der Waals surface area contributed by atoms with E-state index in [4.69, 9.17) is 8.83 Å². The van der Waals surface area contributed by atoms with E-state index in [1.807, 2.05) is 0 Å². The molecule has 2 saturated heterocycles. The Kier molecular flexibility index (Phi) is 3.81. The number of benzene rings is 4. The van der Waals surface area contributed by atoms with Gasteiger partial charge in [-0.25, -0.2) is 0 Å². The SMILES string of the molecule is c1c(N2CCCC2)oc2cc3c(ccc4c5cc6oc(N7CCCC7)cc6cc5ccc34)cc12. The largest absolute Gasteiger partial charge is 0.441 e. The van der Waals surface area contributed by atoms with Crippen molar-refractivity contribution < 1.29 is 8.83 Å². The van der Waals surface area contributed by atoms with Crippen LogP contribution in [0, 0.1) is 0 Å². The molecule has 0 spiro atoms. The van der Waals surface area contributed by atoms with Gasteiger partial charge in [0.1, 0.15) is 11.2 Å². The third-order valence-corrected chi connectivity index (χ3v) is 7.92. The van der Waals surface area contributed by atoms with Crippen LogP contribution in [-0.4, -0.2) is 26.2 Å². The molecule has 34 heavy (non-hydrogen) atoms. The van der Waals surface area contributed by atoms with Crippen LogP contribution in [0.1, 0.15) is 25.7 Å². The Balaban J connectivity index is 1.32. The smallest absolute Gasteiger partial charge is 0.196 e. The molecule has 4 heterocycles. The first-order valence-electron chi connectivity index (χ1n) is 12.6. The molecule has 168 valence electrons. The molecule has 4 aromatic carbocycles. The molecule has 0 unspecified atom stereocenters. The minimum absolute atomic E-state index is 0.971. The highest BCUT2D eigenvalue weighted by Crippen LogP contribution is 2.38. The molecular weight excluding hydrogens is 420 g/mol. The number of anilines is 2. The van der Waals surface area contributed by atoms with Crippen molar-refractivity contribution in [2.75, 3.05) is 36.0 Å². The van der Waals surface area contributed by atoms with Gasteiger partial charge in [0.25, 0.3) is 0 Å². The van der Waals surface area contributed by atoms with Gasteiger partial charge in [0.05, 0.1) is 0 Å². The lowest BCUT2D eigenvalue weighted by molar-refractivity contribution is 0.599. The molecule has 0 aliphatic carbocycles. The molecular formula is C30H26N2O2. The van der Waals surface area contributed by atoms with E-state index in [0.717, 1.165) is 49.1 Å². The fraction of sp³-hybridized carbons (Fsp3) is 0.267. The van der Waals surface area contributed by atoms with E-state index in [-0.39, 0.29) is 0 Å². The first-order chi connectivity index (χ1) is 16.8. The van der Waals surface area contributed by atoms with Gasteiger partial charge in [-0.15, -0.1) is 0 Å². The molecule has 0 bridgehead atoms. The molecule has 2 aromatic heterocycles. The number of hydrogen-bond donors (Lipinski definition) is 0. The second kappa shape index (κ2) is 6.92. The number of rotatable bonds is 2. The Hall–Kier alpha value is -3.66. The van der Waals surface area contributed by atoms with Gasteiger partial charge in [0.2, 0.25) is 0 Å². The van der Waals surface area contributed by atoms with Gasteiger partial charge in [-0.1, -0.05) is 24.3 Å². The van der Waals surface area contributed by atoms with Crippen LogP contribution in [0.25, 0.3) is 54.3 Å². The van der Waals surface area contributed by atoms with Gasteiger partial charge < -0.3 is 18.6 Å². The van der Waals surface area contributed by atoms with E-state index in [1.54, 1.807) is 0 Å². The number of hydrogen-bond acceptors (Lipinski definition) is 4. The summed E-state index contributed by atoms with van der Waals surface area (Å²) in [6, 6.07) is 22.5. The van der Waals surface area contributed by atoms with Crippen LogP contribution in [-0.2, 0) is 0 Å². The highest BCUT2D eigenvalue weighted by atomic mass is 16.4. The highest BCUT2D eigenvalue weighted by molar-refractivity contribution is 6.20. The molecule has 8 rings (SSSR count). The van der Waals surface area contributed by atoms with Crippen molar-refractivity contribution in [2.45, 2.75) is 25.7 Å².